The summed E-state index contributed by atoms with van der Waals surface area (Å²) in [6, 6.07) is 2.14. The van der Waals surface area contributed by atoms with E-state index in [1.165, 1.54) is 4.88 Å². The van der Waals surface area contributed by atoms with Crippen molar-refractivity contribution in [3.8, 4) is 0 Å². The lowest BCUT2D eigenvalue weighted by atomic mass is 10.1. The van der Waals surface area contributed by atoms with Crippen molar-refractivity contribution in [1.29, 1.82) is 0 Å². The van der Waals surface area contributed by atoms with Crippen LogP contribution in [0.1, 0.15) is 23.5 Å². The predicted molar refractivity (Wildman–Crippen MR) is 52.5 cm³/mol. The number of hydrogen-bond donors (Lipinski definition) is 2. The Balaban J connectivity index is 2.70. The summed E-state index contributed by atoms with van der Waals surface area (Å²) in [6.07, 6.45) is -0.389. The quantitative estimate of drug-likeness (QED) is 0.751. The van der Waals surface area contributed by atoms with Gasteiger partial charge in [-0.25, -0.2) is 0 Å². The maximum atomic E-state index is 9.75. The third-order valence-corrected chi connectivity index (χ3v) is 2.90. The van der Waals surface area contributed by atoms with E-state index < -0.39 is 0 Å². The Morgan fingerprint density at radius 2 is 2.25 bits per heavy atom. The summed E-state index contributed by atoms with van der Waals surface area (Å²) in [7, 11) is 1.85. The maximum Gasteiger partial charge on any atom is 0.0948 e. The first-order valence-corrected chi connectivity index (χ1v) is 4.93. The SMILES string of the molecule is CN[C@@H](C)C(O)c1csc(C)c1. The molecule has 0 aliphatic heterocycles. The number of aliphatic hydroxyl groups is 1. The van der Waals surface area contributed by atoms with E-state index in [0.717, 1.165) is 5.56 Å². The Morgan fingerprint density at radius 3 is 2.67 bits per heavy atom. The lowest BCUT2D eigenvalue weighted by Gasteiger charge is -2.16. The highest BCUT2D eigenvalue weighted by molar-refractivity contribution is 7.10. The molecule has 1 heterocycles. The molecule has 0 saturated carbocycles. The van der Waals surface area contributed by atoms with Crippen LogP contribution < -0.4 is 5.32 Å². The summed E-state index contributed by atoms with van der Waals surface area (Å²) in [5, 5.41) is 14.8. The average molecular weight is 185 g/mol. The van der Waals surface area contributed by atoms with E-state index in [1.54, 1.807) is 11.3 Å². The van der Waals surface area contributed by atoms with Gasteiger partial charge in [0.1, 0.15) is 0 Å². The molecule has 2 nitrogen and oxygen atoms in total. The highest BCUT2D eigenvalue weighted by Gasteiger charge is 2.14. The summed E-state index contributed by atoms with van der Waals surface area (Å²) >= 11 is 1.67. The smallest absolute Gasteiger partial charge is 0.0948 e. The molecule has 1 unspecified atom stereocenters. The van der Waals surface area contributed by atoms with Crippen LogP contribution in [0.5, 0.6) is 0 Å². The largest absolute Gasteiger partial charge is 0.387 e. The molecular formula is C9H15NOS. The van der Waals surface area contributed by atoms with Gasteiger partial charge in [-0.1, -0.05) is 0 Å². The molecule has 1 aromatic heterocycles. The van der Waals surface area contributed by atoms with Crippen molar-refractivity contribution in [3.05, 3.63) is 21.9 Å². The summed E-state index contributed by atoms with van der Waals surface area (Å²) < 4.78 is 0. The first kappa shape index (κ1) is 9.71. The molecule has 0 fully saturated rings. The van der Waals surface area contributed by atoms with Crippen molar-refractivity contribution in [2.45, 2.75) is 26.0 Å². The molecule has 3 heteroatoms. The fourth-order valence-corrected chi connectivity index (χ4v) is 1.80. The minimum Gasteiger partial charge on any atom is -0.387 e. The number of aliphatic hydroxyl groups excluding tert-OH is 1. The topological polar surface area (TPSA) is 32.3 Å². The van der Waals surface area contributed by atoms with Gasteiger partial charge in [-0.2, -0.15) is 0 Å². The molecular weight excluding hydrogens is 170 g/mol. The first-order valence-electron chi connectivity index (χ1n) is 4.05. The van der Waals surface area contributed by atoms with Gasteiger partial charge in [0.2, 0.25) is 0 Å². The molecule has 1 rings (SSSR count). The molecule has 68 valence electrons. The second-order valence-corrected chi connectivity index (χ2v) is 4.13. The van der Waals surface area contributed by atoms with Crippen LogP contribution in [0.2, 0.25) is 0 Å². The lowest BCUT2D eigenvalue weighted by Crippen LogP contribution is -2.28. The normalized spacial score (nSPS) is 16.0. The van der Waals surface area contributed by atoms with Crippen molar-refractivity contribution in [1.82, 2.24) is 5.32 Å². The van der Waals surface area contributed by atoms with Crippen LogP contribution in [0.25, 0.3) is 0 Å². The van der Waals surface area contributed by atoms with Crippen LogP contribution in [0.3, 0.4) is 0 Å². The molecule has 0 spiro atoms. The highest BCUT2D eigenvalue weighted by atomic mass is 32.1. The standard InChI is InChI=1S/C9H15NOS/c1-6-4-8(5-12-6)9(11)7(2)10-3/h4-5,7,9-11H,1-3H3/t7-,9?/m0/s1. The van der Waals surface area contributed by atoms with E-state index in [4.69, 9.17) is 0 Å². The summed E-state index contributed by atoms with van der Waals surface area (Å²) in [5.41, 5.74) is 1.01. The van der Waals surface area contributed by atoms with E-state index in [-0.39, 0.29) is 12.1 Å². The molecule has 0 aromatic carbocycles. The third kappa shape index (κ3) is 2.06. The number of thiophene rings is 1. The second-order valence-electron chi connectivity index (χ2n) is 3.01. The molecule has 1 aromatic rings. The molecule has 0 aliphatic carbocycles. The van der Waals surface area contributed by atoms with Crippen LogP contribution >= 0.6 is 11.3 Å². The van der Waals surface area contributed by atoms with Crippen molar-refractivity contribution >= 4 is 11.3 Å². The second kappa shape index (κ2) is 4.03. The van der Waals surface area contributed by atoms with Gasteiger partial charge in [0, 0.05) is 10.9 Å². The number of hydrogen-bond acceptors (Lipinski definition) is 3. The first-order chi connectivity index (χ1) is 5.65. The molecule has 0 aliphatic rings. The molecule has 0 saturated heterocycles. The molecule has 0 radical (unpaired) electrons. The van der Waals surface area contributed by atoms with Crippen LogP contribution in [0.4, 0.5) is 0 Å². The number of aryl methyl sites for hydroxylation is 1. The van der Waals surface area contributed by atoms with Crippen LogP contribution in [-0.4, -0.2) is 18.2 Å². The molecule has 0 amide bonds. The lowest BCUT2D eigenvalue weighted by molar-refractivity contribution is 0.140. The molecule has 2 N–H and O–H groups in total. The van der Waals surface area contributed by atoms with Crippen LogP contribution in [0.15, 0.2) is 11.4 Å². The Hall–Kier alpha value is -0.380. The van der Waals surface area contributed by atoms with E-state index >= 15 is 0 Å². The van der Waals surface area contributed by atoms with Crippen LogP contribution in [0, 0.1) is 6.92 Å². The van der Waals surface area contributed by atoms with E-state index in [2.05, 4.69) is 5.32 Å². The molecule has 12 heavy (non-hydrogen) atoms. The zero-order valence-corrected chi connectivity index (χ0v) is 8.48. The van der Waals surface area contributed by atoms with E-state index in [1.807, 2.05) is 32.3 Å². The van der Waals surface area contributed by atoms with Crippen molar-refractivity contribution in [3.63, 3.8) is 0 Å². The summed E-state index contributed by atoms with van der Waals surface area (Å²) in [6.45, 7) is 4.02. The highest BCUT2D eigenvalue weighted by Crippen LogP contribution is 2.22. The van der Waals surface area contributed by atoms with E-state index in [0.29, 0.717) is 0 Å². The summed E-state index contributed by atoms with van der Waals surface area (Å²) in [5.74, 6) is 0. The Labute approximate surface area is 77.2 Å². The fourth-order valence-electron chi connectivity index (χ4n) is 1.07. The third-order valence-electron chi connectivity index (χ3n) is 2.02. The monoisotopic (exact) mass is 185 g/mol. The Kier molecular flexibility index (Phi) is 3.26. The fraction of sp³-hybridized carbons (Fsp3) is 0.556. The number of likely N-dealkylation sites (N-methyl/N-ethyl adjacent to an activating group) is 1. The number of rotatable bonds is 3. The van der Waals surface area contributed by atoms with Gasteiger partial charge in [0.05, 0.1) is 6.10 Å². The number of nitrogens with one attached hydrogen (secondary N) is 1. The van der Waals surface area contributed by atoms with Crippen molar-refractivity contribution in [2.24, 2.45) is 0 Å². The summed E-state index contributed by atoms with van der Waals surface area (Å²) in [4.78, 5) is 1.24. The van der Waals surface area contributed by atoms with E-state index in [9.17, 15) is 5.11 Å². The zero-order chi connectivity index (χ0) is 9.14. The van der Waals surface area contributed by atoms with Gasteiger partial charge in [-0.3, -0.25) is 0 Å². The minimum absolute atomic E-state index is 0.110. The van der Waals surface area contributed by atoms with Crippen molar-refractivity contribution < 1.29 is 5.11 Å². The predicted octanol–water partition coefficient (Wildman–Crippen LogP) is 1.70. The van der Waals surface area contributed by atoms with Gasteiger partial charge in [-0.05, 0) is 37.9 Å². The maximum absolute atomic E-state index is 9.75. The Bertz CT molecular complexity index is 246. The van der Waals surface area contributed by atoms with Crippen LogP contribution in [-0.2, 0) is 0 Å². The van der Waals surface area contributed by atoms with Gasteiger partial charge in [-0.15, -0.1) is 11.3 Å². The zero-order valence-electron chi connectivity index (χ0n) is 7.66. The van der Waals surface area contributed by atoms with Gasteiger partial charge >= 0.3 is 0 Å². The molecule has 0 bridgehead atoms. The van der Waals surface area contributed by atoms with Gasteiger partial charge in [0.25, 0.3) is 0 Å². The van der Waals surface area contributed by atoms with Gasteiger partial charge in [0.15, 0.2) is 0 Å². The van der Waals surface area contributed by atoms with Crippen molar-refractivity contribution in [2.75, 3.05) is 7.05 Å². The average Bonchev–Trinajstić information content (AvgIpc) is 2.49. The molecule has 2 atom stereocenters. The Morgan fingerprint density at radius 1 is 1.58 bits per heavy atom. The minimum atomic E-state index is -0.389. The van der Waals surface area contributed by atoms with Gasteiger partial charge < -0.3 is 10.4 Å².